The number of benzene rings is 5. The number of carbonyl (C=O) groups excluding carboxylic acids is 2. The van der Waals surface area contributed by atoms with Crippen LogP contribution in [0.5, 0.6) is 11.5 Å². The lowest BCUT2D eigenvalue weighted by Crippen LogP contribution is -2.53. The predicted octanol–water partition coefficient (Wildman–Crippen LogP) is 8.39. The second-order valence-corrected chi connectivity index (χ2v) is 15.0. The van der Waals surface area contributed by atoms with E-state index in [1.54, 1.807) is 60.7 Å². The molecule has 2 amide bonds. The standard InChI is InChI=1S/C40H39Cl2N3O5S/c1-29(2)26-43-40(47)38(25-30-13-6-3-7-14-30)44(27-35-36(41)19-12-20-37(35)42)39(46)28-45(51(48,49)34-17-10-5-11-18-34)31-21-23-33(24-22-31)50-32-15-8-4-9-16-32/h3-24,29,38H,25-28H2,1-2H3,(H,43,47). The van der Waals surface area contributed by atoms with Crippen LogP contribution in [0.2, 0.25) is 10.0 Å². The van der Waals surface area contributed by atoms with E-state index in [4.69, 9.17) is 27.9 Å². The fourth-order valence-electron chi connectivity index (χ4n) is 5.38. The van der Waals surface area contributed by atoms with E-state index in [0.717, 1.165) is 9.87 Å². The quantitative estimate of drug-likeness (QED) is 0.116. The zero-order valence-corrected chi connectivity index (χ0v) is 30.6. The third kappa shape index (κ3) is 9.91. The van der Waals surface area contributed by atoms with Gasteiger partial charge in [-0.15, -0.1) is 0 Å². The minimum absolute atomic E-state index is 0.00128. The third-order valence-corrected chi connectivity index (χ3v) is 10.6. The number of nitrogens with one attached hydrogen (secondary N) is 1. The normalized spacial score (nSPS) is 11.9. The molecule has 0 spiro atoms. The summed E-state index contributed by atoms with van der Waals surface area (Å²) in [6.45, 7) is 3.56. The van der Waals surface area contributed by atoms with Gasteiger partial charge in [0.1, 0.15) is 24.1 Å². The van der Waals surface area contributed by atoms with E-state index >= 15 is 0 Å². The Kier molecular flexibility index (Phi) is 12.8. The van der Waals surface area contributed by atoms with E-state index in [9.17, 15) is 18.0 Å². The molecule has 0 aliphatic rings. The summed E-state index contributed by atoms with van der Waals surface area (Å²) in [5, 5.41) is 3.59. The van der Waals surface area contributed by atoms with Gasteiger partial charge >= 0.3 is 0 Å². The Hall–Kier alpha value is -4.83. The summed E-state index contributed by atoms with van der Waals surface area (Å²) in [6.07, 6.45) is 0.162. The molecule has 1 unspecified atom stereocenters. The van der Waals surface area contributed by atoms with Crippen molar-refractivity contribution in [3.8, 4) is 11.5 Å². The van der Waals surface area contributed by atoms with Crippen molar-refractivity contribution in [1.29, 1.82) is 0 Å². The van der Waals surface area contributed by atoms with Gasteiger partial charge in [0.25, 0.3) is 10.0 Å². The van der Waals surface area contributed by atoms with Crippen LogP contribution in [0, 0.1) is 5.92 Å². The second-order valence-electron chi connectivity index (χ2n) is 12.3. The van der Waals surface area contributed by atoms with Gasteiger partial charge in [-0.25, -0.2) is 8.42 Å². The van der Waals surface area contributed by atoms with Crippen LogP contribution in [0.3, 0.4) is 0 Å². The minimum atomic E-state index is -4.28. The number of hydrogen-bond acceptors (Lipinski definition) is 5. The summed E-state index contributed by atoms with van der Waals surface area (Å²) in [5.41, 5.74) is 1.48. The van der Waals surface area contributed by atoms with Crippen molar-refractivity contribution in [2.75, 3.05) is 17.4 Å². The third-order valence-electron chi connectivity index (χ3n) is 8.06. The molecule has 11 heteroatoms. The van der Waals surface area contributed by atoms with Crippen molar-refractivity contribution in [2.45, 2.75) is 37.8 Å². The molecule has 5 aromatic carbocycles. The van der Waals surface area contributed by atoms with Crippen molar-refractivity contribution < 1.29 is 22.7 Å². The van der Waals surface area contributed by atoms with Gasteiger partial charge in [-0.2, -0.15) is 0 Å². The van der Waals surface area contributed by atoms with Gasteiger partial charge in [-0.3, -0.25) is 13.9 Å². The summed E-state index contributed by atoms with van der Waals surface area (Å²) in [4.78, 5) is 30.1. The molecule has 0 saturated heterocycles. The lowest BCUT2D eigenvalue weighted by Gasteiger charge is -2.34. The number of anilines is 1. The van der Waals surface area contributed by atoms with Crippen LogP contribution in [0.1, 0.15) is 25.0 Å². The molecule has 0 bridgehead atoms. The number of para-hydroxylation sites is 1. The molecule has 1 atom stereocenters. The molecule has 264 valence electrons. The summed E-state index contributed by atoms with van der Waals surface area (Å²) >= 11 is 13.2. The molecular formula is C40H39Cl2N3O5S. The highest BCUT2D eigenvalue weighted by Gasteiger charge is 2.35. The maximum atomic E-state index is 14.7. The van der Waals surface area contributed by atoms with Crippen LogP contribution in [-0.2, 0) is 32.6 Å². The van der Waals surface area contributed by atoms with Crippen LogP contribution in [0.4, 0.5) is 5.69 Å². The number of carbonyl (C=O) groups is 2. The second kappa shape index (κ2) is 17.4. The van der Waals surface area contributed by atoms with E-state index in [-0.39, 0.29) is 35.4 Å². The minimum Gasteiger partial charge on any atom is -0.457 e. The Labute approximate surface area is 309 Å². The van der Waals surface area contributed by atoms with Gasteiger partial charge in [0.05, 0.1) is 10.6 Å². The van der Waals surface area contributed by atoms with Gasteiger partial charge in [0.2, 0.25) is 11.8 Å². The number of hydrogen-bond donors (Lipinski definition) is 1. The molecule has 0 saturated carbocycles. The van der Waals surface area contributed by atoms with Crippen molar-refractivity contribution in [3.63, 3.8) is 0 Å². The highest BCUT2D eigenvalue weighted by Crippen LogP contribution is 2.30. The number of rotatable bonds is 15. The molecular weight excluding hydrogens is 705 g/mol. The maximum Gasteiger partial charge on any atom is 0.264 e. The molecule has 0 aromatic heterocycles. The first kappa shape index (κ1) is 37.4. The van der Waals surface area contributed by atoms with Crippen molar-refractivity contribution in [1.82, 2.24) is 10.2 Å². The number of sulfonamides is 1. The Bertz CT molecular complexity index is 1990. The lowest BCUT2D eigenvalue weighted by molar-refractivity contribution is -0.140. The van der Waals surface area contributed by atoms with E-state index in [2.05, 4.69) is 5.32 Å². The van der Waals surface area contributed by atoms with Crippen molar-refractivity contribution in [3.05, 3.63) is 155 Å². The fourth-order valence-corrected chi connectivity index (χ4v) is 7.34. The van der Waals surface area contributed by atoms with Crippen LogP contribution in [0.25, 0.3) is 0 Å². The molecule has 5 rings (SSSR count). The highest BCUT2D eigenvalue weighted by molar-refractivity contribution is 7.92. The van der Waals surface area contributed by atoms with Gasteiger partial charge in [-0.05, 0) is 72.1 Å². The summed E-state index contributed by atoms with van der Waals surface area (Å²) in [7, 11) is -4.28. The molecule has 0 heterocycles. The van der Waals surface area contributed by atoms with Crippen LogP contribution < -0.4 is 14.4 Å². The van der Waals surface area contributed by atoms with Gasteiger partial charge in [-0.1, -0.05) is 110 Å². The summed E-state index contributed by atoms with van der Waals surface area (Å²) in [6, 6.07) is 36.8. The topological polar surface area (TPSA) is 96.0 Å². The van der Waals surface area contributed by atoms with E-state index < -0.39 is 28.5 Å². The molecule has 51 heavy (non-hydrogen) atoms. The molecule has 0 aliphatic heterocycles. The first-order valence-electron chi connectivity index (χ1n) is 16.5. The van der Waals surface area contributed by atoms with Gasteiger partial charge < -0.3 is 15.0 Å². The molecule has 0 radical (unpaired) electrons. The van der Waals surface area contributed by atoms with Gasteiger partial charge in [0, 0.05) is 35.1 Å². The van der Waals surface area contributed by atoms with Crippen LogP contribution in [0.15, 0.2) is 138 Å². The predicted molar refractivity (Wildman–Crippen MR) is 203 cm³/mol. The maximum absolute atomic E-state index is 14.7. The number of ether oxygens (including phenoxy) is 1. The average Bonchev–Trinajstić information content (AvgIpc) is 3.13. The molecule has 0 fully saturated rings. The highest BCUT2D eigenvalue weighted by atomic mass is 35.5. The number of halogens is 2. The van der Waals surface area contributed by atoms with Crippen molar-refractivity contribution in [2.24, 2.45) is 5.92 Å². The zero-order chi connectivity index (χ0) is 36.4. The van der Waals surface area contributed by atoms with Crippen molar-refractivity contribution >= 4 is 50.7 Å². The average molecular weight is 745 g/mol. The molecule has 1 N–H and O–H groups in total. The lowest BCUT2D eigenvalue weighted by atomic mass is 10.0. The molecule has 8 nitrogen and oxygen atoms in total. The first-order valence-corrected chi connectivity index (χ1v) is 18.7. The zero-order valence-electron chi connectivity index (χ0n) is 28.3. The smallest absolute Gasteiger partial charge is 0.264 e. The molecule has 0 aliphatic carbocycles. The number of nitrogens with zero attached hydrogens (tertiary/aromatic N) is 2. The molecule has 5 aromatic rings. The first-order chi connectivity index (χ1) is 24.5. The summed E-state index contributed by atoms with van der Waals surface area (Å²) in [5.74, 6) is 0.227. The van der Waals surface area contributed by atoms with Crippen LogP contribution >= 0.6 is 23.2 Å². The van der Waals surface area contributed by atoms with Crippen LogP contribution in [-0.4, -0.2) is 44.3 Å². The summed E-state index contributed by atoms with van der Waals surface area (Å²) < 4.78 is 35.6. The van der Waals surface area contributed by atoms with E-state index in [1.807, 2.05) is 74.5 Å². The fraction of sp³-hybridized carbons (Fsp3) is 0.200. The SMILES string of the molecule is CC(C)CNC(=O)C(Cc1ccccc1)N(Cc1c(Cl)cccc1Cl)C(=O)CN(c1ccc(Oc2ccccc2)cc1)S(=O)(=O)c1ccccc1. The Morgan fingerprint density at radius 3 is 1.86 bits per heavy atom. The number of amides is 2. The Balaban J connectivity index is 1.57. The Morgan fingerprint density at radius 2 is 1.27 bits per heavy atom. The van der Waals surface area contributed by atoms with E-state index in [1.165, 1.54) is 17.0 Å². The monoisotopic (exact) mass is 743 g/mol. The Morgan fingerprint density at radius 1 is 0.725 bits per heavy atom. The largest absolute Gasteiger partial charge is 0.457 e. The van der Waals surface area contributed by atoms with E-state index in [0.29, 0.717) is 33.7 Å². The van der Waals surface area contributed by atoms with Gasteiger partial charge in [0.15, 0.2) is 0 Å².